The number of anilines is 2. The molecule has 1 aliphatic rings. The van der Waals surface area contributed by atoms with Crippen molar-refractivity contribution in [2.45, 2.75) is 25.9 Å². The van der Waals surface area contributed by atoms with Crippen LogP contribution in [0.3, 0.4) is 0 Å². The third kappa shape index (κ3) is 2.42. The highest BCUT2D eigenvalue weighted by atomic mass is 16.5. The van der Waals surface area contributed by atoms with Gasteiger partial charge in [0.05, 0.1) is 17.5 Å². The molecule has 3 nitrogen and oxygen atoms in total. The first-order valence-electron chi connectivity index (χ1n) is 5.53. The fourth-order valence-corrected chi connectivity index (χ4v) is 1.65. The second-order valence-electron chi connectivity index (χ2n) is 3.94. The van der Waals surface area contributed by atoms with E-state index in [0.29, 0.717) is 6.10 Å². The number of benzene rings is 1. The first-order chi connectivity index (χ1) is 7.29. The van der Waals surface area contributed by atoms with E-state index < -0.39 is 0 Å². The number of nitrogens with two attached hydrogens (primary N) is 1. The number of aryl methyl sites for hydroxylation is 1. The first-order valence-corrected chi connectivity index (χ1v) is 5.53. The minimum Gasteiger partial charge on any atom is -0.397 e. The van der Waals surface area contributed by atoms with E-state index in [4.69, 9.17) is 10.5 Å². The molecule has 0 bridgehead atoms. The largest absolute Gasteiger partial charge is 0.397 e. The first kappa shape index (κ1) is 10.3. The van der Waals surface area contributed by atoms with Gasteiger partial charge in [0, 0.05) is 13.2 Å². The third-order valence-corrected chi connectivity index (χ3v) is 2.84. The van der Waals surface area contributed by atoms with Crippen molar-refractivity contribution in [2.75, 3.05) is 24.2 Å². The van der Waals surface area contributed by atoms with Crippen molar-refractivity contribution in [2.24, 2.45) is 0 Å². The molecule has 1 heterocycles. The van der Waals surface area contributed by atoms with Crippen LogP contribution in [0.25, 0.3) is 0 Å². The monoisotopic (exact) mass is 206 g/mol. The van der Waals surface area contributed by atoms with Crippen LogP contribution in [0.1, 0.15) is 18.9 Å². The van der Waals surface area contributed by atoms with E-state index >= 15 is 0 Å². The molecule has 0 aromatic heterocycles. The molecule has 0 saturated carbocycles. The van der Waals surface area contributed by atoms with Gasteiger partial charge < -0.3 is 15.8 Å². The lowest BCUT2D eigenvalue weighted by molar-refractivity contribution is -0.0410. The highest BCUT2D eigenvalue weighted by molar-refractivity contribution is 5.67. The van der Waals surface area contributed by atoms with E-state index in [-0.39, 0.29) is 0 Å². The van der Waals surface area contributed by atoms with Gasteiger partial charge in [0.25, 0.3) is 0 Å². The van der Waals surface area contributed by atoms with Gasteiger partial charge in [-0.1, -0.05) is 13.0 Å². The zero-order valence-corrected chi connectivity index (χ0v) is 9.12. The Balaban J connectivity index is 1.98. The number of ether oxygens (including phenoxy) is 1. The van der Waals surface area contributed by atoms with Crippen molar-refractivity contribution in [1.29, 1.82) is 0 Å². The van der Waals surface area contributed by atoms with E-state index in [2.05, 4.69) is 24.4 Å². The second kappa shape index (κ2) is 4.53. The summed E-state index contributed by atoms with van der Waals surface area (Å²) in [6.45, 7) is 3.90. The fraction of sp³-hybridized carbons (Fsp3) is 0.500. The summed E-state index contributed by atoms with van der Waals surface area (Å²) in [7, 11) is 0. The van der Waals surface area contributed by atoms with Crippen LogP contribution in [-0.4, -0.2) is 19.3 Å². The van der Waals surface area contributed by atoms with Gasteiger partial charge in [-0.15, -0.1) is 0 Å². The zero-order valence-electron chi connectivity index (χ0n) is 9.12. The lowest BCUT2D eigenvalue weighted by Gasteiger charge is -2.27. The van der Waals surface area contributed by atoms with Crippen LogP contribution in [0, 0.1) is 0 Å². The predicted octanol–water partition coefficient (Wildman–Crippen LogP) is 2.03. The summed E-state index contributed by atoms with van der Waals surface area (Å²) < 4.78 is 5.35. The molecule has 1 saturated heterocycles. The SMILES string of the molecule is CCc1ccc(N)c(NC[C@@H]2CCO2)c1. The van der Waals surface area contributed by atoms with Crippen molar-refractivity contribution in [3.63, 3.8) is 0 Å². The summed E-state index contributed by atoms with van der Waals surface area (Å²) in [6, 6.07) is 6.15. The molecule has 0 unspecified atom stereocenters. The van der Waals surface area contributed by atoms with Crippen LogP contribution in [-0.2, 0) is 11.2 Å². The molecule has 15 heavy (non-hydrogen) atoms. The summed E-state index contributed by atoms with van der Waals surface area (Å²) in [4.78, 5) is 0. The lowest BCUT2D eigenvalue weighted by atomic mass is 10.1. The third-order valence-electron chi connectivity index (χ3n) is 2.84. The minimum atomic E-state index is 0.370. The molecule has 0 aliphatic carbocycles. The quantitative estimate of drug-likeness (QED) is 0.741. The Labute approximate surface area is 90.6 Å². The van der Waals surface area contributed by atoms with E-state index in [1.807, 2.05) is 6.07 Å². The Hall–Kier alpha value is -1.22. The minimum absolute atomic E-state index is 0.370. The van der Waals surface area contributed by atoms with Gasteiger partial charge in [-0.25, -0.2) is 0 Å². The number of nitrogens with one attached hydrogen (secondary N) is 1. The predicted molar refractivity (Wildman–Crippen MR) is 63.1 cm³/mol. The van der Waals surface area contributed by atoms with Crippen molar-refractivity contribution in [1.82, 2.24) is 0 Å². The fourth-order valence-electron chi connectivity index (χ4n) is 1.65. The standard InChI is InChI=1S/C12H18N2O/c1-2-9-3-4-11(13)12(7-9)14-8-10-5-6-15-10/h3-4,7,10,14H,2,5-6,8,13H2,1H3/t10-/m0/s1. The van der Waals surface area contributed by atoms with Gasteiger partial charge in [-0.3, -0.25) is 0 Å². The molecule has 1 aromatic rings. The number of rotatable bonds is 4. The highest BCUT2D eigenvalue weighted by Gasteiger charge is 2.17. The zero-order chi connectivity index (χ0) is 10.7. The van der Waals surface area contributed by atoms with Gasteiger partial charge in [0.1, 0.15) is 0 Å². The normalized spacial score (nSPS) is 19.7. The average Bonchev–Trinajstić information content (AvgIpc) is 2.18. The maximum Gasteiger partial charge on any atom is 0.0769 e. The lowest BCUT2D eigenvalue weighted by Crippen LogP contribution is -2.33. The Morgan fingerprint density at radius 1 is 1.53 bits per heavy atom. The molecule has 82 valence electrons. The molecular formula is C12H18N2O. The Bertz CT molecular complexity index is 334. The molecule has 1 aliphatic heterocycles. The van der Waals surface area contributed by atoms with Gasteiger partial charge >= 0.3 is 0 Å². The van der Waals surface area contributed by atoms with Crippen LogP contribution in [0.15, 0.2) is 18.2 Å². The van der Waals surface area contributed by atoms with Crippen LogP contribution in [0.2, 0.25) is 0 Å². The van der Waals surface area contributed by atoms with Crippen molar-refractivity contribution < 1.29 is 4.74 Å². The van der Waals surface area contributed by atoms with E-state index in [0.717, 1.165) is 37.4 Å². The van der Waals surface area contributed by atoms with E-state index in [9.17, 15) is 0 Å². The van der Waals surface area contributed by atoms with E-state index in [1.54, 1.807) is 0 Å². The molecule has 0 spiro atoms. The van der Waals surface area contributed by atoms with Gasteiger partial charge in [0.15, 0.2) is 0 Å². The summed E-state index contributed by atoms with van der Waals surface area (Å²) in [5.74, 6) is 0. The smallest absolute Gasteiger partial charge is 0.0769 e. The summed E-state index contributed by atoms with van der Waals surface area (Å²) >= 11 is 0. The highest BCUT2D eigenvalue weighted by Crippen LogP contribution is 2.21. The average molecular weight is 206 g/mol. The molecule has 3 N–H and O–H groups in total. The van der Waals surface area contributed by atoms with Crippen molar-refractivity contribution in [3.05, 3.63) is 23.8 Å². The topological polar surface area (TPSA) is 47.3 Å². The van der Waals surface area contributed by atoms with Crippen molar-refractivity contribution >= 4 is 11.4 Å². The van der Waals surface area contributed by atoms with Crippen LogP contribution < -0.4 is 11.1 Å². The molecular weight excluding hydrogens is 188 g/mol. The summed E-state index contributed by atoms with van der Waals surface area (Å²) in [6.07, 6.45) is 2.56. The molecule has 0 radical (unpaired) electrons. The Morgan fingerprint density at radius 2 is 2.33 bits per heavy atom. The number of hydrogen-bond donors (Lipinski definition) is 2. The molecule has 2 rings (SSSR count). The molecule has 1 atom stereocenters. The van der Waals surface area contributed by atoms with Gasteiger partial charge in [-0.05, 0) is 30.5 Å². The van der Waals surface area contributed by atoms with Crippen LogP contribution in [0.5, 0.6) is 0 Å². The summed E-state index contributed by atoms with van der Waals surface area (Å²) in [5.41, 5.74) is 9.04. The maximum atomic E-state index is 5.89. The van der Waals surface area contributed by atoms with Crippen molar-refractivity contribution in [3.8, 4) is 0 Å². The van der Waals surface area contributed by atoms with E-state index in [1.165, 1.54) is 5.56 Å². The molecule has 3 heteroatoms. The Kier molecular flexibility index (Phi) is 3.11. The molecule has 0 amide bonds. The van der Waals surface area contributed by atoms with Crippen LogP contribution in [0.4, 0.5) is 11.4 Å². The molecule has 1 aromatic carbocycles. The Morgan fingerprint density at radius 3 is 2.93 bits per heavy atom. The van der Waals surface area contributed by atoms with Gasteiger partial charge in [0.2, 0.25) is 0 Å². The number of nitrogen functional groups attached to an aromatic ring is 1. The summed E-state index contributed by atoms with van der Waals surface area (Å²) in [5, 5.41) is 3.34. The second-order valence-corrected chi connectivity index (χ2v) is 3.94. The maximum absolute atomic E-state index is 5.89. The molecule has 1 fully saturated rings. The van der Waals surface area contributed by atoms with Gasteiger partial charge in [-0.2, -0.15) is 0 Å². The van der Waals surface area contributed by atoms with Crippen LogP contribution >= 0.6 is 0 Å². The number of hydrogen-bond acceptors (Lipinski definition) is 3.